The molecule has 4 rings (SSSR count). The summed E-state index contributed by atoms with van der Waals surface area (Å²) in [4.78, 5) is 39.3. The summed E-state index contributed by atoms with van der Waals surface area (Å²) >= 11 is 0. The molecule has 2 bridgehead atoms. The van der Waals surface area contributed by atoms with E-state index < -0.39 is 41.0 Å². The normalized spacial score (nSPS) is 20.5. The van der Waals surface area contributed by atoms with Crippen molar-refractivity contribution < 1.29 is 23.5 Å². The summed E-state index contributed by atoms with van der Waals surface area (Å²) in [6.07, 6.45) is 0.337. The number of pyridine rings is 1. The van der Waals surface area contributed by atoms with Crippen molar-refractivity contribution in [2.75, 3.05) is 13.1 Å². The number of hydrogen-bond acceptors (Lipinski definition) is 4. The molecule has 30 heavy (non-hydrogen) atoms. The lowest BCUT2D eigenvalue weighted by Gasteiger charge is -2.34. The van der Waals surface area contributed by atoms with E-state index in [0.29, 0.717) is 0 Å². The predicted molar refractivity (Wildman–Crippen MR) is 104 cm³/mol. The number of amides is 2. The molecular formula is C21H21F2N3O4. The van der Waals surface area contributed by atoms with Gasteiger partial charge >= 0.3 is 0 Å². The van der Waals surface area contributed by atoms with E-state index in [1.54, 1.807) is 13.0 Å². The first-order valence-electron chi connectivity index (χ1n) is 9.71. The molecule has 0 radical (unpaired) electrons. The van der Waals surface area contributed by atoms with Crippen LogP contribution in [-0.4, -0.2) is 45.6 Å². The number of halogens is 2. The fourth-order valence-electron chi connectivity index (χ4n) is 4.01. The molecule has 1 aromatic heterocycles. The SMILES string of the molecule is Cc1ccc(CNC(=O)c2cn3c(c(O)c2=O)C(=O)N2CC[C@H](F)C[C@@H]3C2)c(F)c1. The second-order valence-electron chi connectivity index (χ2n) is 7.78. The average Bonchev–Trinajstić information content (AvgIpc) is 2.87. The zero-order valence-electron chi connectivity index (χ0n) is 16.3. The number of carbonyl (C=O) groups excluding carboxylic acids is 2. The van der Waals surface area contributed by atoms with E-state index in [9.17, 15) is 28.3 Å². The number of rotatable bonds is 3. The summed E-state index contributed by atoms with van der Waals surface area (Å²) in [5, 5.41) is 12.9. The fraction of sp³-hybridized carbons (Fsp3) is 0.381. The zero-order valence-corrected chi connectivity index (χ0v) is 16.3. The Bertz CT molecular complexity index is 1100. The van der Waals surface area contributed by atoms with Gasteiger partial charge in [-0.25, -0.2) is 8.78 Å². The number of aryl methyl sites for hydroxylation is 1. The van der Waals surface area contributed by atoms with Crippen molar-refractivity contribution in [1.82, 2.24) is 14.8 Å². The zero-order chi connectivity index (χ0) is 21.6. The Kier molecular flexibility index (Phi) is 5.05. The highest BCUT2D eigenvalue weighted by Crippen LogP contribution is 2.32. The second kappa shape index (κ2) is 7.55. The highest BCUT2D eigenvalue weighted by molar-refractivity contribution is 5.99. The molecule has 7 nitrogen and oxygen atoms in total. The fourth-order valence-corrected chi connectivity index (χ4v) is 4.01. The maximum Gasteiger partial charge on any atom is 0.274 e. The third-order valence-electron chi connectivity index (χ3n) is 5.66. The first-order valence-corrected chi connectivity index (χ1v) is 9.71. The Morgan fingerprint density at radius 1 is 1.33 bits per heavy atom. The van der Waals surface area contributed by atoms with Gasteiger partial charge in [-0.05, 0) is 25.0 Å². The minimum absolute atomic E-state index is 0.106. The van der Waals surface area contributed by atoms with Gasteiger partial charge in [0.05, 0.1) is 6.04 Å². The van der Waals surface area contributed by atoms with E-state index >= 15 is 0 Å². The summed E-state index contributed by atoms with van der Waals surface area (Å²) in [7, 11) is 0. The number of nitrogens with zero attached hydrogens (tertiary/aromatic N) is 2. The molecule has 2 atom stereocenters. The Labute approximate surface area is 170 Å². The quantitative estimate of drug-likeness (QED) is 0.800. The van der Waals surface area contributed by atoms with Crippen LogP contribution >= 0.6 is 0 Å². The van der Waals surface area contributed by atoms with Gasteiger partial charge in [0.2, 0.25) is 5.43 Å². The molecular weight excluding hydrogens is 396 g/mol. The molecule has 2 aliphatic rings. The van der Waals surface area contributed by atoms with Crippen molar-refractivity contribution in [1.29, 1.82) is 0 Å². The molecule has 2 aromatic rings. The molecule has 2 amide bonds. The third kappa shape index (κ3) is 3.44. The van der Waals surface area contributed by atoms with E-state index in [2.05, 4.69) is 5.32 Å². The van der Waals surface area contributed by atoms with Crippen LogP contribution in [0.3, 0.4) is 0 Å². The van der Waals surface area contributed by atoms with Crippen molar-refractivity contribution >= 4 is 11.8 Å². The van der Waals surface area contributed by atoms with Crippen LogP contribution in [0.5, 0.6) is 5.75 Å². The van der Waals surface area contributed by atoms with E-state index in [1.165, 1.54) is 27.8 Å². The molecule has 0 aliphatic carbocycles. The predicted octanol–water partition coefficient (Wildman–Crippen LogP) is 2.06. The van der Waals surface area contributed by atoms with Crippen molar-refractivity contribution in [3.63, 3.8) is 0 Å². The molecule has 2 N–H and O–H groups in total. The maximum atomic E-state index is 14.1. The van der Waals surface area contributed by atoms with E-state index in [0.717, 1.165) is 5.56 Å². The van der Waals surface area contributed by atoms with Crippen LogP contribution in [0.15, 0.2) is 29.2 Å². The van der Waals surface area contributed by atoms with Gasteiger partial charge in [-0.15, -0.1) is 0 Å². The molecule has 2 aliphatic heterocycles. The molecule has 3 heterocycles. The molecule has 0 spiro atoms. The number of benzene rings is 1. The number of nitrogens with one attached hydrogen (secondary N) is 1. The van der Waals surface area contributed by atoms with Crippen molar-refractivity contribution in [2.45, 2.75) is 38.5 Å². The number of aromatic hydroxyl groups is 1. The van der Waals surface area contributed by atoms with Crippen molar-refractivity contribution in [3.8, 4) is 5.75 Å². The van der Waals surface area contributed by atoms with Gasteiger partial charge in [0.15, 0.2) is 11.4 Å². The first kappa shape index (κ1) is 20.1. The molecule has 1 fully saturated rings. The lowest BCUT2D eigenvalue weighted by Crippen LogP contribution is -2.44. The summed E-state index contributed by atoms with van der Waals surface area (Å²) in [5.41, 5.74) is -0.635. The Morgan fingerprint density at radius 2 is 2.10 bits per heavy atom. The minimum Gasteiger partial charge on any atom is -0.503 e. The maximum absolute atomic E-state index is 14.1. The van der Waals surface area contributed by atoms with Crippen LogP contribution in [0.1, 0.15) is 50.9 Å². The van der Waals surface area contributed by atoms with Crippen LogP contribution < -0.4 is 10.7 Å². The lowest BCUT2D eigenvalue weighted by molar-refractivity contribution is 0.0677. The monoisotopic (exact) mass is 417 g/mol. The van der Waals surface area contributed by atoms with Crippen LogP contribution in [-0.2, 0) is 6.54 Å². The van der Waals surface area contributed by atoms with Crippen LogP contribution in [0.25, 0.3) is 0 Å². The molecule has 1 aromatic carbocycles. The van der Waals surface area contributed by atoms with Crippen molar-refractivity contribution in [3.05, 3.63) is 62.8 Å². The third-order valence-corrected chi connectivity index (χ3v) is 5.66. The number of aromatic nitrogens is 1. The van der Waals surface area contributed by atoms with Crippen molar-refractivity contribution in [2.24, 2.45) is 0 Å². The highest BCUT2D eigenvalue weighted by Gasteiger charge is 2.38. The smallest absolute Gasteiger partial charge is 0.274 e. The second-order valence-corrected chi connectivity index (χ2v) is 7.78. The minimum atomic E-state index is -1.14. The Balaban J connectivity index is 1.67. The Hall–Kier alpha value is -3.23. The summed E-state index contributed by atoms with van der Waals surface area (Å²) < 4.78 is 29.4. The largest absolute Gasteiger partial charge is 0.503 e. The molecule has 0 saturated carbocycles. The number of carbonyl (C=O) groups is 2. The van der Waals surface area contributed by atoms with Gasteiger partial charge in [0, 0.05) is 37.8 Å². The van der Waals surface area contributed by atoms with E-state index in [1.807, 2.05) is 0 Å². The average molecular weight is 417 g/mol. The number of alkyl halides is 1. The number of fused-ring (bicyclic) bond motifs is 4. The summed E-state index contributed by atoms with van der Waals surface area (Å²) in [6, 6.07) is 4.06. The summed E-state index contributed by atoms with van der Waals surface area (Å²) in [6.45, 7) is 2.02. The van der Waals surface area contributed by atoms with Crippen LogP contribution in [0.4, 0.5) is 8.78 Å². The Morgan fingerprint density at radius 3 is 2.83 bits per heavy atom. The van der Waals surface area contributed by atoms with Gasteiger partial charge in [-0.3, -0.25) is 14.4 Å². The van der Waals surface area contributed by atoms with Gasteiger partial charge < -0.3 is 19.9 Å². The van der Waals surface area contributed by atoms with E-state index in [-0.39, 0.29) is 49.3 Å². The van der Waals surface area contributed by atoms with Crippen LogP contribution in [0.2, 0.25) is 0 Å². The van der Waals surface area contributed by atoms with Gasteiger partial charge in [-0.2, -0.15) is 0 Å². The van der Waals surface area contributed by atoms with E-state index in [4.69, 9.17) is 0 Å². The molecule has 1 saturated heterocycles. The lowest BCUT2D eigenvalue weighted by atomic mass is 10.0. The highest BCUT2D eigenvalue weighted by atomic mass is 19.1. The number of hydrogen-bond donors (Lipinski definition) is 2. The molecule has 158 valence electrons. The standard InChI is InChI=1S/C21H21F2N3O4/c1-11-2-3-12(16(23)6-11)8-24-20(29)15-10-26-14-7-13(22)4-5-25(9-14)21(30)17(26)19(28)18(15)27/h2-3,6,10,13-14,28H,4-5,7-9H2,1H3,(H,24,29)/t13-,14+/m0/s1. The summed E-state index contributed by atoms with van der Waals surface area (Å²) in [5.74, 6) is -2.70. The first-order chi connectivity index (χ1) is 14.3. The van der Waals surface area contributed by atoms with Crippen LogP contribution in [0, 0.1) is 12.7 Å². The molecule has 0 unspecified atom stereocenters. The molecule has 9 heteroatoms. The van der Waals surface area contributed by atoms with Gasteiger partial charge in [-0.1, -0.05) is 12.1 Å². The topological polar surface area (TPSA) is 91.6 Å². The van der Waals surface area contributed by atoms with Gasteiger partial charge in [0.1, 0.15) is 17.6 Å². The van der Waals surface area contributed by atoms with Gasteiger partial charge in [0.25, 0.3) is 11.8 Å².